The average molecular weight is 239 g/mol. The van der Waals surface area contributed by atoms with Gasteiger partial charge in [-0.25, -0.2) is 0 Å². The van der Waals surface area contributed by atoms with E-state index < -0.39 is 0 Å². The van der Waals surface area contributed by atoms with Gasteiger partial charge in [0.25, 0.3) is 0 Å². The van der Waals surface area contributed by atoms with Gasteiger partial charge in [0.1, 0.15) is 0 Å². The normalized spacial score (nSPS) is 13.1. The first-order valence-corrected chi connectivity index (χ1v) is 6.62. The van der Waals surface area contributed by atoms with E-state index in [1.165, 1.54) is 10.5 Å². The Labute approximate surface area is 102 Å². The molecule has 0 saturated heterocycles. The van der Waals surface area contributed by atoms with Crippen molar-refractivity contribution in [1.29, 1.82) is 0 Å². The minimum Gasteiger partial charge on any atom is -0.395 e. The number of aliphatic hydroxyl groups excluding tert-OH is 1. The van der Waals surface area contributed by atoms with Gasteiger partial charge in [0.05, 0.1) is 6.61 Å². The van der Waals surface area contributed by atoms with Gasteiger partial charge in [-0.2, -0.15) is 0 Å². The van der Waals surface area contributed by atoms with Crippen LogP contribution in [0.15, 0.2) is 29.2 Å². The lowest BCUT2D eigenvalue weighted by Crippen LogP contribution is -2.21. The Morgan fingerprint density at radius 2 is 1.81 bits per heavy atom. The molecule has 0 spiro atoms. The van der Waals surface area contributed by atoms with Crippen molar-refractivity contribution in [2.75, 3.05) is 13.2 Å². The van der Waals surface area contributed by atoms with Crippen LogP contribution in [0.3, 0.4) is 0 Å². The highest BCUT2D eigenvalue weighted by Gasteiger charge is 2.04. The number of thioether (sulfide) groups is 1. The minimum atomic E-state index is 0.186. The van der Waals surface area contributed by atoms with Crippen molar-refractivity contribution in [1.82, 2.24) is 5.32 Å². The van der Waals surface area contributed by atoms with E-state index in [9.17, 15) is 0 Å². The molecule has 0 radical (unpaired) electrons. The summed E-state index contributed by atoms with van der Waals surface area (Å²) in [6.07, 6.45) is 0. The van der Waals surface area contributed by atoms with E-state index in [-0.39, 0.29) is 6.61 Å². The van der Waals surface area contributed by atoms with E-state index in [1.807, 2.05) is 11.8 Å². The van der Waals surface area contributed by atoms with Crippen LogP contribution in [0, 0.1) is 0 Å². The fraction of sp³-hybridized carbons (Fsp3) is 0.538. The second-order valence-electron chi connectivity index (χ2n) is 4.14. The Bertz CT molecular complexity index is 297. The largest absolute Gasteiger partial charge is 0.395 e. The summed E-state index contributed by atoms with van der Waals surface area (Å²) in [7, 11) is 0. The molecule has 2 N–H and O–H groups in total. The molecule has 0 aliphatic carbocycles. The number of nitrogens with one attached hydrogen (secondary N) is 1. The highest BCUT2D eigenvalue weighted by Crippen LogP contribution is 2.24. The van der Waals surface area contributed by atoms with E-state index >= 15 is 0 Å². The summed E-state index contributed by atoms with van der Waals surface area (Å²) in [6.45, 7) is 7.34. The summed E-state index contributed by atoms with van der Waals surface area (Å²) in [5.74, 6) is 0. The fourth-order valence-corrected chi connectivity index (χ4v) is 2.34. The monoisotopic (exact) mass is 239 g/mol. The quantitative estimate of drug-likeness (QED) is 0.749. The van der Waals surface area contributed by atoms with Crippen molar-refractivity contribution < 1.29 is 5.11 Å². The standard InChI is InChI=1S/C13H21NOS/c1-10(2)16-13-6-4-12(5-7-13)11(3)14-8-9-15/h4-7,10-11,14-15H,8-9H2,1-3H3. The lowest BCUT2D eigenvalue weighted by atomic mass is 10.1. The zero-order valence-corrected chi connectivity index (χ0v) is 11.1. The molecule has 90 valence electrons. The van der Waals surface area contributed by atoms with Crippen molar-refractivity contribution in [3.63, 3.8) is 0 Å². The van der Waals surface area contributed by atoms with Crippen LogP contribution in [0.4, 0.5) is 0 Å². The molecule has 0 amide bonds. The summed E-state index contributed by atoms with van der Waals surface area (Å²) in [6, 6.07) is 8.93. The maximum Gasteiger partial charge on any atom is 0.0556 e. The van der Waals surface area contributed by atoms with Gasteiger partial charge in [-0.1, -0.05) is 26.0 Å². The van der Waals surface area contributed by atoms with Crippen LogP contribution in [-0.4, -0.2) is 23.5 Å². The predicted molar refractivity (Wildman–Crippen MR) is 70.9 cm³/mol. The van der Waals surface area contributed by atoms with Crippen LogP contribution in [0.25, 0.3) is 0 Å². The summed E-state index contributed by atoms with van der Waals surface area (Å²) in [5.41, 5.74) is 1.27. The molecule has 1 aromatic carbocycles. The second kappa shape index (κ2) is 6.94. The lowest BCUT2D eigenvalue weighted by Gasteiger charge is -2.14. The molecule has 3 heteroatoms. The molecule has 1 rings (SSSR count). The molecule has 0 fully saturated rings. The van der Waals surface area contributed by atoms with E-state index in [0.717, 1.165) is 0 Å². The van der Waals surface area contributed by atoms with Gasteiger partial charge in [-0.15, -0.1) is 11.8 Å². The van der Waals surface area contributed by atoms with Crippen LogP contribution in [0.2, 0.25) is 0 Å². The van der Waals surface area contributed by atoms with Gasteiger partial charge >= 0.3 is 0 Å². The maximum atomic E-state index is 8.74. The van der Waals surface area contributed by atoms with Gasteiger partial charge in [-0.3, -0.25) is 0 Å². The van der Waals surface area contributed by atoms with Crippen LogP contribution < -0.4 is 5.32 Å². The van der Waals surface area contributed by atoms with Gasteiger partial charge in [0.15, 0.2) is 0 Å². The number of aliphatic hydroxyl groups is 1. The first-order valence-electron chi connectivity index (χ1n) is 5.74. The smallest absolute Gasteiger partial charge is 0.0556 e. The SMILES string of the molecule is CC(C)Sc1ccc(C(C)NCCO)cc1. The third-order valence-electron chi connectivity index (χ3n) is 2.31. The molecule has 0 heterocycles. The van der Waals surface area contributed by atoms with Crippen LogP contribution in [-0.2, 0) is 0 Å². The molecule has 2 nitrogen and oxygen atoms in total. The van der Waals surface area contributed by atoms with Crippen molar-refractivity contribution in [2.45, 2.75) is 37.0 Å². The van der Waals surface area contributed by atoms with E-state index in [0.29, 0.717) is 17.8 Å². The van der Waals surface area contributed by atoms with E-state index in [4.69, 9.17) is 5.11 Å². The zero-order valence-electron chi connectivity index (χ0n) is 10.2. The molecule has 16 heavy (non-hydrogen) atoms. The Kier molecular flexibility index (Phi) is 5.88. The summed E-state index contributed by atoms with van der Waals surface area (Å²) >= 11 is 1.88. The van der Waals surface area contributed by atoms with Crippen LogP contribution >= 0.6 is 11.8 Å². The van der Waals surface area contributed by atoms with Gasteiger partial charge in [-0.05, 0) is 24.6 Å². The van der Waals surface area contributed by atoms with Crippen LogP contribution in [0.5, 0.6) is 0 Å². The van der Waals surface area contributed by atoms with Crippen molar-refractivity contribution in [3.8, 4) is 0 Å². The molecule has 1 atom stereocenters. The van der Waals surface area contributed by atoms with E-state index in [1.54, 1.807) is 0 Å². The molecular formula is C13H21NOS. The molecular weight excluding hydrogens is 218 g/mol. The molecule has 1 unspecified atom stereocenters. The van der Waals surface area contributed by atoms with E-state index in [2.05, 4.69) is 50.4 Å². The molecule has 0 aliphatic rings. The third-order valence-corrected chi connectivity index (χ3v) is 3.33. The van der Waals surface area contributed by atoms with Gasteiger partial charge in [0, 0.05) is 22.7 Å². The van der Waals surface area contributed by atoms with Crippen molar-refractivity contribution in [3.05, 3.63) is 29.8 Å². The fourth-order valence-electron chi connectivity index (χ4n) is 1.51. The third kappa shape index (κ3) is 4.56. The highest BCUT2D eigenvalue weighted by atomic mass is 32.2. The summed E-state index contributed by atoms with van der Waals surface area (Å²) in [5, 5.41) is 12.6. The first-order chi connectivity index (χ1) is 7.63. The highest BCUT2D eigenvalue weighted by molar-refractivity contribution is 7.99. The molecule has 0 saturated carbocycles. The average Bonchev–Trinajstić information content (AvgIpc) is 2.26. The predicted octanol–water partition coefficient (Wildman–Crippen LogP) is 2.83. The van der Waals surface area contributed by atoms with Crippen molar-refractivity contribution in [2.24, 2.45) is 0 Å². The summed E-state index contributed by atoms with van der Waals surface area (Å²) < 4.78 is 0. The zero-order chi connectivity index (χ0) is 12.0. The first kappa shape index (κ1) is 13.6. The lowest BCUT2D eigenvalue weighted by molar-refractivity contribution is 0.286. The Morgan fingerprint density at radius 1 is 1.19 bits per heavy atom. The number of rotatable bonds is 6. The van der Waals surface area contributed by atoms with Gasteiger partial charge in [0.2, 0.25) is 0 Å². The number of hydrogen-bond donors (Lipinski definition) is 2. The molecule has 0 bridgehead atoms. The van der Waals surface area contributed by atoms with Gasteiger partial charge < -0.3 is 10.4 Å². The molecule has 0 aliphatic heterocycles. The molecule has 1 aromatic rings. The second-order valence-corrected chi connectivity index (χ2v) is 5.78. The minimum absolute atomic E-state index is 0.186. The van der Waals surface area contributed by atoms with Crippen molar-refractivity contribution >= 4 is 11.8 Å². The number of hydrogen-bond acceptors (Lipinski definition) is 3. The maximum absolute atomic E-state index is 8.74. The Balaban J connectivity index is 2.56. The number of benzene rings is 1. The molecule has 0 aromatic heterocycles. The Hall–Kier alpha value is -0.510. The topological polar surface area (TPSA) is 32.3 Å². The van der Waals surface area contributed by atoms with Crippen LogP contribution in [0.1, 0.15) is 32.4 Å². The summed E-state index contributed by atoms with van der Waals surface area (Å²) in [4.78, 5) is 1.31. The Morgan fingerprint density at radius 3 is 2.31 bits per heavy atom.